The maximum absolute atomic E-state index is 13.3. The number of nitrogens with zero attached hydrogens (tertiary/aromatic N) is 1. The average Bonchev–Trinajstić information content (AvgIpc) is 2.44. The number of hydrogen-bond acceptors (Lipinski definition) is 2. The van der Waals surface area contributed by atoms with E-state index in [-0.39, 0.29) is 17.2 Å². The number of carbonyl (C=O) groups is 1. The summed E-state index contributed by atoms with van der Waals surface area (Å²) in [6, 6.07) is 13.8. The van der Waals surface area contributed by atoms with Gasteiger partial charge in [0.05, 0.1) is 0 Å². The summed E-state index contributed by atoms with van der Waals surface area (Å²) in [5.41, 5.74) is 7.24. The van der Waals surface area contributed by atoms with Gasteiger partial charge in [-0.15, -0.1) is 0 Å². The number of rotatable bonds is 4. The zero-order chi connectivity index (χ0) is 14.5. The second-order valence-electron chi connectivity index (χ2n) is 4.74. The van der Waals surface area contributed by atoms with Crippen LogP contribution in [0.15, 0.2) is 48.5 Å². The zero-order valence-electron chi connectivity index (χ0n) is 11.3. The smallest absolute Gasteiger partial charge is 0.253 e. The maximum atomic E-state index is 13.3. The standard InChI is InChI=1S/C16H17FN2O/c1-19(8-7-12-5-3-2-4-6-12)16(20)13-9-14(17)11-15(18)10-13/h2-6,9-11H,7-8,18H2,1H3. The Labute approximate surface area is 117 Å². The Balaban J connectivity index is 2.01. The molecule has 0 aromatic heterocycles. The Bertz CT molecular complexity index is 578. The van der Waals surface area contributed by atoms with Crippen LogP contribution in [0.1, 0.15) is 15.9 Å². The predicted molar refractivity (Wildman–Crippen MR) is 77.9 cm³/mol. The van der Waals surface area contributed by atoms with Crippen LogP contribution in [0, 0.1) is 5.82 Å². The first kappa shape index (κ1) is 14.1. The molecule has 0 saturated heterocycles. The lowest BCUT2D eigenvalue weighted by Crippen LogP contribution is -2.29. The fourth-order valence-corrected chi connectivity index (χ4v) is 2.00. The van der Waals surface area contributed by atoms with E-state index in [9.17, 15) is 9.18 Å². The van der Waals surface area contributed by atoms with Crippen LogP contribution in [0.2, 0.25) is 0 Å². The van der Waals surface area contributed by atoms with Crippen LogP contribution in [-0.2, 0) is 6.42 Å². The second-order valence-corrected chi connectivity index (χ2v) is 4.74. The fraction of sp³-hybridized carbons (Fsp3) is 0.188. The fourth-order valence-electron chi connectivity index (χ4n) is 2.00. The summed E-state index contributed by atoms with van der Waals surface area (Å²) in [5.74, 6) is -0.725. The molecule has 0 fully saturated rings. The van der Waals surface area contributed by atoms with Gasteiger partial charge >= 0.3 is 0 Å². The molecular formula is C16H17FN2O. The first-order chi connectivity index (χ1) is 9.56. The number of amides is 1. The van der Waals surface area contributed by atoms with Crippen molar-refractivity contribution in [2.75, 3.05) is 19.3 Å². The lowest BCUT2D eigenvalue weighted by molar-refractivity contribution is 0.0796. The van der Waals surface area contributed by atoms with Crippen molar-refractivity contribution in [3.8, 4) is 0 Å². The third-order valence-electron chi connectivity index (χ3n) is 3.09. The van der Waals surface area contributed by atoms with Gasteiger partial charge in [0.25, 0.3) is 5.91 Å². The van der Waals surface area contributed by atoms with Crippen molar-refractivity contribution in [1.82, 2.24) is 4.90 Å². The van der Waals surface area contributed by atoms with Gasteiger partial charge in [-0.3, -0.25) is 4.79 Å². The summed E-state index contributed by atoms with van der Waals surface area (Å²) in [6.07, 6.45) is 0.758. The molecule has 0 bridgehead atoms. The van der Waals surface area contributed by atoms with Gasteiger partial charge < -0.3 is 10.6 Å². The molecule has 2 aromatic rings. The van der Waals surface area contributed by atoms with Crippen molar-refractivity contribution >= 4 is 11.6 Å². The molecule has 3 nitrogen and oxygen atoms in total. The zero-order valence-corrected chi connectivity index (χ0v) is 11.3. The molecule has 0 atom stereocenters. The average molecular weight is 272 g/mol. The summed E-state index contributed by atoms with van der Waals surface area (Å²) in [4.78, 5) is 13.7. The van der Waals surface area contributed by atoms with E-state index >= 15 is 0 Å². The largest absolute Gasteiger partial charge is 0.399 e. The van der Waals surface area contributed by atoms with Crippen LogP contribution in [0.4, 0.5) is 10.1 Å². The van der Waals surface area contributed by atoms with Crippen LogP contribution in [0.25, 0.3) is 0 Å². The Morgan fingerprint density at radius 1 is 1.20 bits per heavy atom. The van der Waals surface area contributed by atoms with Gasteiger partial charge in [-0.1, -0.05) is 30.3 Å². The molecule has 2 aromatic carbocycles. The Hall–Kier alpha value is -2.36. The monoisotopic (exact) mass is 272 g/mol. The van der Waals surface area contributed by atoms with Crippen LogP contribution in [-0.4, -0.2) is 24.4 Å². The summed E-state index contributed by atoms with van der Waals surface area (Å²) < 4.78 is 13.3. The minimum Gasteiger partial charge on any atom is -0.399 e. The number of halogens is 1. The topological polar surface area (TPSA) is 46.3 Å². The van der Waals surface area contributed by atoms with E-state index in [4.69, 9.17) is 5.73 Å². The number of hydrogen-bond donors (Lipinski definition) is 1. The minimum atomic E-state index is -0.496. The third kappa shape index (κ3) is 3.57. The lowest BCUT2D eigenvalue weighted by atomic mass is 10.1. The van der Waals surface area contributed by atoms with Crippen molar-refractivity contribution in [2.24, 2.45) is 0 Å². The van der Waals surface area contributed by atoms with Crippen molar-refractivity contribution in [3.63, 3.8) is 0 Å². The molecular weight excluding hydrogens is 255 g/mol. The SMILES string of the molecule is CN(CCc1ccccc1)C(=O)c1cc(N)cc(F)c1. The number of nitrogen functional groups attached to an aromatic ring is 1. The summed E-state index contributed by atoms with van der Waals surface area (Å²) in [5, 5.41) is 0. The molecule has 0 aliphatic carbocycles. The van der Waals surface area contributed by atoms with Crippen LogP contribution < -0.4 is 5.73 Å². The Morgan fingerprint density at radius 3 is 2.55 bits per heavy atom. The molecule has 0 heterocycles. The Morgan fingerprint density at radius 2 is 1.90 bits per heavy atom. The summed E-state index contributed by atoms with van der Waals surface area (Å²) >= 11 is 0. The molecule has 20 heavy (non-hydrogen) atoms. The molecule has 0 unspecified atom stereocenters. The number of likely N-dealkylation sites (N-methyl/N-ethyl adjacent to an activating group) is 1. The predicted octanol–water partition coefficient (Wildman–Crippen LogP) is 2.72. The van der Waals surface area contributed by atoms with Gasteiger partial charge in [0, 0.05) is 24.8 Å². The molecule has 4 heteroatoms. The molecule has 0 aliphatic heterocycles. The van der Waals surface area contributed by atoms with E-state index in [1.807, 2.05) is 30.3 Å². The van der Waals surface area contributed by atoms with Crippen molar-refractivity contribution in [1.29, 1.82) is 0 Å². The van der Waals surface area contributed by atoms with E-state index in [0.29, 0.717) is 6.54 Å². The second kappa shape index (κ2) is 6.19. The van der Waals surface area contributed by atoms with E-state index in [0.717, 1.165) is 12.0 Å². The van der Waals surface area contributed by atoms with E-state index in [1.54, 1.807) is 11.9 Å². The van der Waals surface area contributed by atoms with Crippen LogP contribution in [0.3, 0.4) is 0 Å². The first-order valence-corrected chi connectivity index (χ1v) is 6.42. The van der Waals surface area contributed by atoms with Gasteiger partial charge in [-0.25, -0.2) is 4.39 Å². The highest BCUT2D eigenvalue weighted by atomic mass is 19.1. The van der Waals surface area contributed by atoms with Gasteiger partial charge in [0.15, 0.2) is 0 Å². The highest BCUT2D eigenvalue weighted by Crippen LogP contribution is 2.13. The highest BCUT2D eigenvalue weighted by molar-refractivity contribution is 5.94. The summed E-state index contributed by atoms with van der Waals surface area (Å²) in [6.45, 7) is 0.569. The molecule has 104 valence electrons. The molecule has 0 aliphatic rings. The van der Waals surface area contributed by atoms with E-state index in [1.165, 1.54) is 18.2 Å². The molecule has 2 N–H and O–H groups in total. The quantitative estimate of drug-likeness (QED) is 0.870. The van der Waals surface area contributed by atoms with Crippen molar-refractivity contribution in [2.45, 2.75) is 6.42 Å². The van der Waals surface area contributed by atoms with Crippen molar-refractivity contribution in [3.05, 3.63) is 65.5 Å². The number of anilines is 1. The summed E-state index contributed by atoms with van der Waals surface area (Å²) in [7, 11) is 1.70. The highest BCUT2D eigenvalue weighted by Gasteiger charge is 2.13. The van der Waals surface area contributed by atoms with E-state index in [2.05, 4.69) is 0 Å². The number of nitrogens with two attached hydrogens (primary N) is 1. The third-order valence-corrected chi connectivity index (χ3v) is 3.09. The lowest BCUT2D eigenvalue weighted by Gasteiger charge is -2.17. The number of carbonyl (C=O) groups excluding carboxylic acids is 1. The van der Waals surface area contributed by atoms with Crippen molar-refractivity contribution < 1.29 is 9.18 Å². The van der Waals surface area contributed by atoms with Gasteiger partial charge in [0.2, 0.25) is 0 Å². The van der Waals surface area contributed by atoms with Crippen LogP contribution in [0.5, 0.6) is 0 Å². The maximum Gasteiger partial charge on any atom is 0.253 e. The Kier molecular flexibility index (Phi) is 4.35. The molecule has 2 rings (SSSR count). The first-order valence-electron chi connectivity index (χ1n) is 6.42. The number of benzene rings is 2. The molecule has 0 radical (unpaired) electrons. The molecule has 1 amide bonds. The van der Waals surface area contributed by atoms with Gasteiger partial charge in [-0.2, -0.15) is 0 Å². The van der Waals surface area contributed by atoms with E-state index < -0.39 is 5.82 Å². The van der Waals surface area contributed by atoms with Gasteiger partial charge in [-0.05, 0) is 30.2 Å². The minimum absolute atomic E-state index is 0.230. The molecule has 0 saturated carbocycles. The normalized spacial score (nSPS) is 10.3. The molecule has 0 spiro atoms. The van der Waals surface area contributed by atoms with Gasteiger partial charge in [0.1, 0.15) is 5.82 Å². The van der Waals surface area contributed by atoms with Crippen LogP contribution >= 0.6 is 0 Å².